The van der Waals surface area contributed by atoms with Gasteiger partial charge >= 0.3 is 0 Å². The molecular weight excluding hydrogens is 428 g/mol. The molecule has 3 aromatic rings. The van der Waals surface area contributed by atoms with Gasteiger partial charge in [-0.15, -0.1) is 0 Å². The van der Waals surface area contributed by atoms with Crippen LogP contribution < -0.4 is 4.74 Å². The van der Waals surface area contributed by atoms with Gasteiger partial charge < -0.3 is 14.6 Å². The van der Waals surface area contributed by atoms with Gasteiger partial charge in [0.15, 0.2) is 5.65 Å². The number of amidine groups is 1. The average molecular weight is 444 g/mol. The van der Waals surface area contributed by atoms with Gasteiger partial charge in [0.05, 0.1) is 24.2 Å². The van der Waals surface area contributed by atoms with Gasteiger partial charge in [-0.25, -0.2) is 4.98 Å². The molecule has 0 saturated heterocycles. The van der Waals surface area contributed by atoms with Gasteiger partial charge in [0.25, 0.3) is 0 Å². The van der Waals surface area contributed by atoms with Crippen molar-refractivity contribution in [2.75, 3.05) is 13.7 Å². The lowest BCUT2D eigenvalue weighted by molar-refractivity contribution is 0.384. The zero-order valence-corrected chi connectivity index (χ0v) is 17.4. The number of pyridine rings is 1. The van der Waals surface area contributed by atoms with Gasteiger partial charge in [0.2, 0.25) is 5.95 Å². The van der Waals surface area contributed by atoms with Crippen molar-refractivity contribution >= 4 is 40.2 Å². The fourth-order valence-electron chi connectivity index (χ4n) is 3.90. The molecule has 0 saturated carbocycles. The van der Waals surface area contributed by atoms with Gasteiger partial charge in [-0.3, -0.25) is 4.99 Å². The maximum atomic E-state index is 13.5. The molecule has 1 atom stereocenters. The molecule has 0 bridgehead atoms. The van der Waals surface area contributed by atoms with E-state index in [9.17, 15) is 4.39 Å². The molecule has 0 aliphatic carbocycles. The third-order valence-corrected chi connectivity index (χ3v) is 5.85. The molecule has 9 heteroatoms. The van der Waals surface area contributed by atoms with Crippen molar-refractivity contribution in [3.63, 3.8) is 0 Å². The summed E-state index contributed by atoms with van der Waals surface area (Å²) in [6.45, 7) is 0.548. The zero-order chi connectivity index (χ0) is 20.9. The standard InChI is InChI=1S/C21H16Cl2FN5O/c1-30-16-8-12(13(22)9-14(16)23)21(11-29-7-3-2-4-19(29)28-21)10-18-25-15-5-6-17(24)26-20(15)27-18/h2-9H,10-11H2,1H3,(H,25,26,27). The number of halogens is 3. The predicted molar refractivity (Wildman–Crippen MR) is 115 cm³/mol. The highest BCUT2D eigenvalue weighted by Crippen LogP contribution is 2.43. The second-order valence-electron chi connectivity index (χ2n) is 7.16. The molecule has 1 unspecified atom stereocenters. The van der Waals surface area contributed by atoms with Crippen LogP contribution in [-0.4, -0.2) is 39.3 Å². The van der Waals surface area contributed by atoms with Crippen LogP contribution in [0, 0.1) is 5.95 Å². The Morgan fingerprint density at radius 2 is 2.07 bits per heavy atom. The summed E-state index contributed by atoms with van der Waals surface area (Å²) in [5.74, 6) is 1.39. The molecule has 1 aromatic carbocycles. The number of nitrogens with zero attached hydrogens (tertiary/aromatic N) is 4. The van der Waals surface area contributed by atoms with Gasteiger partial charge in [-0.2, -0.15) is 9.37 Å². The number of methoxy groups -OCH3 is 1. The molecule has 2 aliphatic heterocycles. The SMILES string of the molecule is COc1cc(C2(Cc3nc4nc(F)ccc4[nH]3)CN3C=CC=CC3=N2)c(Cl)cc1Cl. The molecule has 2 aromatic heterocycles. The second-order valence-corrected chi connectivity index (χ2v) is 7.98. The molecule has 30 heavy (non-hydrogen) atoms. The first-order valence-corrected chi connectivity index (χ1v) is 9.99. The van der Waals surface area contributed by atoms with Crippen LogP contribution in [0.2, 0.25) is 10.0 Å². The molecule has 0 fully saturated rings. The number of rotatable bonds is 4. The Balaban J connectivity index is 1.65. The van der Waals surface area contributed by atoms with Crippen molar-refractivity contribution in [1.82, 2.24) is 19.9 Å². The fourth-order valence-corrected chi connectivity index (χ4v) is 4.53. The molecule has 2 aliphatic rings. The van der Waals surface area contributed by atoms with E-state index in [-0.39, 0.29) is 0 Å². The minimum atomic E-state index is -0.754. The smallest absolute Gasteiger partial charge is 0.215 e. The molecule has 0 radical (unpaired) electrons. The minimum Gasteiger partial charge on any atom is -0.495 e. The summed E-state index contributed by atoms with van der Waals surface area (Å²) in [6, 6.07) is 6.40. The van der Waals surface area contributed by atoms with Gasteiger partial charge in [0, 0.05) is 23.2 Å². The Morgan fingerprint density at radius 1 is 1.20 bits per heavy atom. The number of fused-ring (bicyclic) bond motifs is 2. The number of aromatic amines is 1. The fraction of sp³-hybridized carbons (Fsp3) is 0.190. The number of H-pyrrole nitrogens is 1. The summed E-state index contributed by atoms with van der Waals surface area (Å²) in [7, 11) is 1.56. The Hall–Kier alpha value is -2.90. The van der Waals surface area contributed by atoms with Crippen LogP contribution in [0.25, 0.3) is 11.2 Å². The van der Waals surface area contributed by atoms with E-state index in [0.29, 0.717) is 45.7 Å². The molecule has 4 heterocycles. The zero-order valence-electron chi connectivity index (χ0n) is 15.9. The largest absolute Gasteiger partial charge is 0.495 e. The third kappa shape index (κ3) is 3.14. The van der Waals surface area contributed by atoms with Gasteiger partial charge in [0.1, 0.15) is 22.9 Å². The normalized spacial score (nSPS) is 20.0. The number of nitrogens with one attached hydrogen (secondary N) is 1. The van der Waals surface area contributed by atoms with Gasteiger partial charge in [-0.05, 0) is 36.4 Å². The van der Waals surface area contributed by atoms with E-state index >= 15 is 0 Å². The van der Waals surface area contributed by atoms with E-state index in [0.717, 1.165) is 11.4 Å². The summed E-state index contributed by atoms with van der Waals surface area (Å²) in [4.78, 5) is 18.6. The number of aromatic nitrogens is 3. The number of benzene rings is 1. The van der Waals surface area contributed by atoms with Crippen molar-refractivity contribution in [3.05, 3.63) is 76.1 Å². The minimum absolute atomic E-state index is 0.322. The number of hydrogen-bond donors (Lipinski definition) is 1. The van der Waals surface area contributed by atoms with E-state index in [4.69, 9.17) is 32.9 Å². The van der Waals surface area contributed by atoms with Crippen LogP contribution >= 0.6 is 23.2 Å². The number of imidazole rings is 1. The summed E-state index contributed by atoms with van der Waals surface area (Å²) in [5, 5.41) is 0.909. The highest BCUT2D eigenvalue weighted by molar-refractivity contribution is 6.36. The summed E-state index contributed by atoms with van der Waals surface area (Å²) in [6.07, 6.45) is 8.20. The number of ether oxygens (including phenoxy) is 1. The molecule has 1 N–H and O–H groups in total. The van der Waals surface area contributed by atoms with Crippen LogP contribution in [0.3, 0.4) is 0 Å². The second kappa shape index (κ2) is 7.11. The molecule has 152 valence electrons. The lowest BCUT2D eigenvalue weighted by Gasteiger charge is -2.28. The Bertz CT molecular complexity index is 1250. The van der Waals surface area contributed by atoms with Crippen molar-refractivity contribution in [3.8, 4) is 5.75 Å². The maximum Gasteiger partial charge on any atom is 0.215 e. The number of allylic oxidation sites excluding steroid dienone is 2. The van der Waals surface area contributed by atoms with Crippen molar-refractivity contribution in [1.29, 1.82) is 0 Å². The predicted octanol–water partition coefficient (Wildman–Crippen LogP) is 4.65. The van der Waals surface area contributed by atoms with E-state index in [1.807, 2.05) is 30.5 Å². The summed E-state index contributed by atoms with van der Waals surface area (Å²) >= 11 is 12.9. The van der Waals surface area contributed by atoms with Crippen LogP contribution in [0.5, 0.6) is 5.75 Å². The lowest BCUT2D eigenvalue weighted by atomic mass is 9.86. The van der Waals surface area contributed by atoms with Crippen LogP contribution in [0.15, 0.2) is 53.7 Å². The monoisotopic (exact) mass is 443 g/mol. The van der Waals surface area contributed by atoms with E-state index in [1.165, 1.54) is 6.07 Å². The third-order valence-electron chi connectivity index (χ3n) is 5.24. The lowest BCUT2D eigenvalue weighted by Crippen LogP contribution is -2.34. The van der Waals surface area contributed by atoms with Crippen molar-refractivity contribution < 1.29 is 9.13 Å². The highest BCUT2D eigenvalue weighted by Gasteiger charge is 2.43. The van der Waals surface area contributed by atoms with Crippen LogP contribution in [0.4, 0.5) is 4.39 Å². The molecule has 5 rings (SSSR count). The van der Waals surface area contributed by atoms with E-state index in [1.54, 1.807) is 19.2 Å². The van der Waals surface area contributed by atoms with Crippen LogP contribution in [0.1, 0.15) is 11.4 Å². The average Bonchev–Trinajstić information content (AvgIpc) is 3.28. The van der Waals surface area contributed by atoms with Crippen molar-refractivity contribution in [2.24, 2.45) is 4.99 Å². The maximum absolute atomic E-state index is 13.5. The first-order chi connectivity index (χ1) is 14.5. The van der Waals surface area contributed by atoms with Gasteiger partial charge in [-0.1, -0.05) is 29.3 Å². The Kier molecular flexibility index (Phi) is 4.52. The van der Waals surface area contributed by atoms with E-state index < -0.39 is 11.5 Å². The molecule has 0 amide bonds. The topological polar surface area (TPSA) is 66.4 Å². The van der Waals surface area contributed by atoms with E-state index in [2.05, 4.69) is 19.9 Å². The number of aliphatic imine (C=N–C) groups is 1. The van der Waals surface area contributed by atoms with Crippen LogP contribution in [-0.2, 0) is 12.0 Å². The quantitative estimate of drug-likeness (QED) is 0.596. The summed E-state index contributed by atoms with van der Waals surface area (Å²) in [5.41, 5.74) is 0.997. The molecule has 0 spiro atoms. The van der Waals surface area contributed by atoms with Crippen molar-refractivity contribution in [2.45, 2.75) is 12.0 Å². The molecule has 6 nitrogen and oxygen atoms in total. The molecular formula is C21H16Cl2FN5O. The first-order valence-electron chi connectivity index (χ1n) is 9.23. The summed E-state index contributed by atoms with van der Waals surface area (Å²) < 4.78 is 18.9. The first kappa shape index (κ1) is 19.1. The highest BCUT2D eigenvalue weighted by atomic mass is 35.5. The Morgan fingerprint density at radius 3 is 2.87 bits per heavy atom. The Labute approximate surface area is 181 Å². The number of hydrogen-bond acceptors (Lipinski definition) is 5.